The number of imidazole rings is 1. The van der Waals surface area contributed by atoms with E-state index in [2.05, 4.69) is 4.98 Å². The number of carbonyl (C=O) groups excluding carboxylic acids is 1. The molecule has 1 amide bonds. The van der Waals surface area contributed by atoms with Gasteiger partial charge >= 0.3 is 0 Å². The lowest BCUT2D eigenvalue weighted by Gasteiger charge is -2.28. The number of aromatic nitrogens is 2. The number of carbonyl (C=O) groups is 1. The van der Waals surface area contributed by atoms with Gasteiger partial charge in [0.1, 0.15) is 5.76 Å². The molecule has 1 saturated heterocycles. The van der Waals surface area contributed by atoms with E-state index in [0.717, 1.165) is 31.4 Å². The minimum atomic E-state index is -0.654. The normalized spacial score (nSPS) is 23.0. The average molecular weight is 301 g/mol. The Bertz CT molecular complexity index is 673. The van der Waals surface area contributed by atoms with Gasteiger partial charge in [0.15, 0.2) is 5.76 Å². The maximum atomic E-state index is 12.6. The average Bonchev–Trinajstić information content (AvgIpc) is 3.04. The van der Waals surface area contributed by atoms with E-state index >= 15 is 0 Å². The van der Waals surface area contributed by atoms with Crippen LogP contribution in [0.5, 0.6) is 0 Å². The van der Waals surface area contributed by atoms with Crippen LogP contribution in [0.4, 0.5) is 0 Å². The molecule has 0 spiro atoms. The lowest BCUT2D eigenvalue weighted by atomic mass is 10.1. The first kappa shape index (κ1) is 13.6. The molecular formula is C16H19N3O3. The first-order valence-electron chi connectivity index (χ1n) is 7.73. The van der Waals surface area contributed by atoms with Crippen LogP contribution in [0.2, 0.25) is 0 Å². The molecule has 1 saturated carbocycles. The minimum Gasteiger partial charge on any atom is -0.454 e. The predicted octanol–water partition coefficient (Wildman–Crippen LogP) is 1.65. The van der Waals surface area contributed by atoms with Crippen molar-refractivity contribution in [2.45, 2.75) is 43.9 Å². The van der Waals surface area contributed by atoms with Gasteiger partial charge in [-0.2, -0.15) is 0 Å². The Labute approximate surface area is 128 Å². The highest BCUT2D eigenvalue weighted by Crippen LogP contribution is 2.44. The molecule has 1 aliphatic heterocycles. The van der Waals surface area contributed by atoms with Crippen LogP contribution in [-0.4, -0.2) is 43.7 Å². The molecule has 6 nitrogen and oxygen atoms in total. The van der Waals surface area contributed by atoms with Crippen molar-refractivity contribution in [1.82, 2.24) is 14.5 Å². The van der Waals surface area contributed by atoms with Crippen molar-refractivity contribution in [2.75, 3.05) is 6.54 Å². The first-order valence-corrected chi connectivity index (χ1v) is 7.73. The zero-order chi connectivity index (χ0) is 15.2. The van der Waals surface area contributed by atoms with E-state index in [1.807, 2.05) is 16.8 Å². The van der Waals surface area contributed by atoms with Gasteiger partial charge in [0, 0.05) is 18.9 Å². The highest BCUT2D eigenvalue weighted by Gasteiger charge is 2.53. The molecule has 2 aliphatic rings. The molecule has 116 valence electrons. The van der Waals surface area contributed by atoms with Crippen LogP contribution in [-0.2, 0) is 6.54 Å². The molecule has 1 aliphatic carbocycles. The number of likely N-dealkylation sites (tertiary alicyclic amines) is 1. The maximum absolute atomic E-state index is 12.6. The summed E-state index contributed by atoms with van der Waals surface area (Å²) in [5.74, 6) is 0.966. The van der Waals surface area contributed by atoms with Gasteiger partial charge in [0.25, 0.3) is 5.91 Å². The highest BCUT2D eigenvalue weighted by molar-refractivity contribution is 5.92. The highest BCUT2D eigenvalue weighted by atomic mass is 16.4. The predicted molar refractivity (Wildman–Crippen MR) is 78.3 cm³/mol. The topological polar surface area (TPSA) is 71.5 Å². The SMILES string of the molecule is O=C(c1ccc(Cn2ccnc2)o1)N1CCCC1C1(O)CC1. The van der Waals surface area contributed by atoms with Crippen molar-refractivity contribution in [1.29, 1.82) is 0 Å². The zero-order valence-electron chi connectivity index (χ0n) is 12.3. The molecule has 1 unspecified atom stereocenters. The summed E-state index contributed by atoms with van der Waals surface area (Å²) in [6.45, 7) is 1.25. The quantitative estimate of drug-likeness (QED) is 0.932. The largest absolute Gasteiger partial charge is 0.454 e. The molecular weight excluding hydrogens is 282 g/mol. The molecule has 3 heterocycles. The van der Waals surface area contributed by atoms with Gasteiger partial charge in [-0.1, -0.05) is 0 Å². The minimum absolute atomic E-state index is 0.0535. The molecule has 1 N–H and O–H groups in total. The molecule has 0 bridgehead atoms. The summed E-state index contributed by atoms with van der Waals surface area (Å²) in [6, 6.07) is 3.49. The summed E-state index contributed by atoms with van der Waals surface area (Å²) in [4.78, 5) is 18.4. The van der Waals surface area contributed by atoms with Crippen LogP contribution in [0.3, 0.4) is 0 Å². The number of aliphatic hydroxyl groups is 1. The van der Waals surface area contributed by atoms with E-state index < -0.39 is 5.60 Å². The molecule has 2 aromatic heterocycles. The molecule has 0 radical (unpaired) electrons. The smallest absolute Gasteiger partial charge is 0.289 e. The van der Waals surface area contributed by atoms with Crippen molar-refractivity contribution >= 4 is 5.91 Å². The summed E-state index contributed by atoms with van der Waals surface area (Å²) < 4.78 is 7.58. The summed E-state index contributed by atoms with van der Waals surface area (Å²) >= 11 is 0. The summed E-state index contributed by atoms with van der Waals surface area (Å²) in [7, 11) is 0. The van der Waals surface area contributed by atoms with Crippen LogP contribution in [0.15, 0.2) is 35.3 Å². The van der Waals surface area contributed by atoms with Crippen molar-refractivity contribution in [3.63, 3.8) is 0 Å². The maximum Gasteiger partial charge on any atom is 0.289 e. The van der Waals surface area contributed by atoms with Crippen LogP contribution >= 0.6 is 0 Å². The van der Waals surface area contributed by atoms with Crippen LogP contribution < -0.4 is 0 Å². The summed E-state index contributed by atoms with van der Waals surface area (Å²) in [5, 5.41) is 10.3. The van der Waals surface area contributed by atoms with Crippen LogP contribution in [0.1, 0.15) is 42.0 Å². The van der Waals surface area contributed by atoms with Crippen LogP contribution in [0, 0.1) is 0 Å². The fourth-order valence-corrected chi connectivity index (χ4v) is 3.31. The molecule has 2 fully saturated rings. The lowest BCUT2D eigenvalue weighted by molar-refractivity contribution is 0.0364. The van der Waals surface area contributed by atoms with Crippen molar-refractivity contribution in [3.05, 3.63) is 42.4 Å². The number of rotatable bonds is 4. The number of amides is 1. The van der Waals surface area contributed by atoms with E-state index in [1.165, 1.54) is 0 Å². The molecule has 2 aromatic rings. The number of hydrogen-bond acceptors (Lipinski definition) is 4. The van der Waals surface area contributed by atoms with E-state index in [1.54, 1.807) is 23.5 Å². The van der Waals surface area contributed by atoms with Crippen molar-refractivity contribution in [3.8, 4) is 0 Å². The number of hydrogen-bond donors (Lipinski definition) is 1. The van der Waals surface area contributed by atoms with E-state index in [0.29, 0.717) is 18.8 Å². The van der Waals surface area contributed by atoms with Gasteiger partial charge in [-0.15, -0.1) is 0 Å². The Morgan fingerprint density at radius 2 is 2.32 bits per heavy atom. The molecule has 1 atom stereocenters. The Morgan fingerprint density at radius 3 is 3.05 bits per heavy atom. The van der Waals surface area contributed by atoms with Gasteiger partial charge in [0.05, 0.1) is 24.5 Å². The second-order valence-corrected chi connectivity index (χ2v) is 6.26. The first-order chi connectivity index (χ1) is 10.7. The Kier molecular flexibility index (Phi) is 3.07. The molecule has 6 heteroatoms. The summed E-state index contributed by atoms with van der Waals surface area (Å²) in [5.41, 5.74) is -0.654. The van der Waals surface area contributed by atoms with Gasteiger partial charge in [-0.05, 0) is 37.8 Å². The van der Waals surface area contributed by atoms with E-state index in [-0.39, 0.29) is 11.9 Å². The van der Waals surface area contributed by atoms with Crippen LogP contribution in [0.25, 0.3) is 0 Å². The fourth-order valence-electron chi connectivity index (χ4n) is 3.31. The second kappa shape index (κ2) is 4.98. The third-order valence-corrected chi connectivity index (χ3v) is 4.67. The van der Waals surface area contributed by atoms with Gasteiger partial charge in [-0.25, -0.2) is 4.98 Å². The molecule has 22 heavy (non-hydrogen) atoms. The Morgan fingerprint density at radius 1 is 1.45 bits per heavy atom. The standard InChI is InChI=1S/C16H19N3O3/c20-15(19-8-1-2-14(19)16(21)5-6-16)13-4-3-12(22-13)10-18-9-7-17-11-18/h3-4,7,9,11,14,21H,1-2,5-6,8,10H2. The van der Waals surface area contributed by atoms with Crippen molar-refractivity contribution < 1.29 is 14.3 Å². The van der Waals surface area contributed by atoms with Gasteiger partial charge in [-0.3, -0.25) is 4.79 Å². The monoisotopic (exact) mass is 301 g/mol. The number of nitrogens with zero attached hydrogens (tertiary/aromatic N) is 3. The van der Waals surface area contributed by atoms with Gasteiger partial charge < -0.3 is 19.0 Å². The van der Waals surface area contributed by atoms with Gasteiger partial charge in [0.2, 0.25) is 0 Å². The van der Waals surface area contributed by atoms with Crippen molar-refractivity contribution in [2.24, 2.45) is 0 Å². The third-order valence-electron chi connectivity index (χ3n) is 4.67. The zero-order valence-corrected chi connectivity index (χ0v) is 12.3. The lowest BCUT2D eigenvalue weighted by Crippen LogP contribution is -2.44. The Balaban J connectivity index is 1.49. The second-order valence-electron chi connectivity index (χ2n) is 6.26. The van der Waals surface area contributed by atoms with E-state index in [4.69, 9.17) is 4.42 Å². The fraction of sp³-hybridized carbons (Fsp3) is 0.500. The van der Waals surface area contributed by atoms with E-state index in [9.17, 15) is 9.90 Å². The summed E-state index contributed by atoms with van der Waals surface area (Å²) in [6.07, 6.45) is 8.69. The number of furan rings is 1. The molecule has 0 aromatic carbocycles. The Hall–Kier alpha value is -2.08. The third kappa shape index (κ3) is 2.33. The molecule has 4 rings (SSSR count).